The lowest BCUT2D eigenvalue weighted by Crippen LogP contribution is -2.47. The number of nitrogens with two attached hydrogens (primary N) is 1. The number of aromatic amines is 1. The molecule has 2 heterocycles. The Morgan fingerprint density at radius 3 is 2.52 bits per heavy atom. The minimum Gasteiger partial charge on any atom is -0.495 e. The zero-order valence-corrected chi connectivity index (χ0v) is 29.0. The van der Waals surface area contributed by atoms with Gasteiger partial charge in [-0.1, -0.05) is 12.1 Å². The molecule has 264 valence electrons. The number of guanidine groups is 1. The number of imidazole rings is 1. The molecule has 1 fully saturated rings. The zero-order chi connectivity index (χ0) is 35.8. The maximum absolute atomic E-state index is 13.7. The zero-order valence-electron chi connectivity index (χ0n) is 29.0. The summed E-state index contributed by atoms with van der Waals surface area (Å²) in [6, 6.07) is 15.6. The summed E-state index contributed by atoms with van der Waals surface area (Å²) in [5, 5.41) is 12.9. The van der Waals surface area contributed by atoms with Crippen LogP contribution in [0.4, 0.5) is 17.3 Å². The van der Waals surface area contributed by atoms with E-state index in [1.165, 1.54) is 12.0 Å². The molecule has 0 unspecified atom stereocenters. The van der Waals surface area contributed by atoms with E-state index in [0.717, 1.165) is 51.0 Å². The standard InChI is InChI=1S/C36H45N9O5/c1-23-12-15-28(30(21-23)50-20-7-5-6-11-31(46)45-18-16-43(2)17-19-45)44(3)34(48)24-13-14-26(29(22-24)49-4)39-33(47)25-9-8-10-27-32(25)41-36(40-27)42-35(37)38/h8-10,12-15,21-22H,5-7,11,16-20H2,1-4H3,(H,39,47)(H5,37,38,40,41,42). The second kappa shape index (κ2) is 16.2. The van der Waals surface area contributed by atoms with Crippen molar-refractivity contribution in [2.24, 2.45) is 5.73 Å². The van der Waals surface area contributed by atoms with Crippen LogP contribution in [0.25, 0.3) is 11.0 Å². The number of fused-ring (bicyclic) bond motifs is 1. The molecule has 1 saturated heterocycles. The first kappa shape index (κ1) is 35.7. The van der Waals surface area contributed by atoms with E-state index in [-0.39, 0.29) is 23.7 Å². The minimum atomic E-state index is -0.436. The van der Waals surface area contributed by atoms with Gasteiger partial charge in [-0.05, 0) is 81.3 Å². The number of unbranched alkanes of at least 4 members (excludes halogenated alkanes) is 2. The Kier molecular flexibility index (Phi) is 11.5. The van der Waals surface area contributed by atoms with Gasteiger partial charge in [0.1, 0.15) is 17.0 Å². The summed E-state index contributed by atoms with van der Waals surface area (Å²) in [5.74, 6) is 0.347. The van der Waals surface area contributed by atoms with Crippen molar-refractivity contribution in [1.29, 1.82) is 5.41 Å². The fraction of sp³-hybridized carbons (Fsp3) is 0.361. The number of H-pyrrole nitrogens is 1. The average molecular weight is 684 g/mol. The highest BCUT2D eigenvalue weighted by atomic mass is 16.5. The molecule has 5 rings (SSSR count). The fourth-order valence-electron chi connectivity index (χ4n) is 5.79. The number of carbonyl (C=O) groups is 3. The highest BCUT2D eigenvalue weighted by Crippen LogP contribution is 2.32. The van der Waals surface area contributed by atoms with Gasteiger partial charge in [0.25, 0.3) is 11.8 Å². The van der Waals surface area contributed by atoms with Crippen LogP contribution < -0.4 is 30.7 Å². The summed E-state index contributed by atoms with van der Waals surface area (Å²) in [6.45, 7) is 5.85. The number of aromatic nitrogens is 2. The summed E-state index contributed by atoms with van der Waals surface area (Å²) < 4.78 is 11.7. The van der Waals surface area contributed by atoms with Crippen molar-refractivity contribution in [3.8, 4) is 11.5 Å². The first-order valence-electron chi connectivity index (χ1n) is 16.6. The number of nitrogens with one attached hydrogen (secondary N) is 4. The number of anilines is 3. The lowest BCUT2D eigenvalue weighted by molar-refractivity contribution is -0.132. The number of likely N-dealkylation sites (N-methyl/N-ethyl adjacent to an activating group) is 1. The van der Waals surface area contributed by atoms with E-state index in [9.17, 15) is 14.4 Å². The number of nitrogens with zero attached hydrogens (tertiary/aromatic N) is 4. The molecule has 6 N–H and O–H groups in total. The van der Waals surface area contributed by atoms with Gasteiger partial charge >= 0.3 is 0 Å². The number of benzene rings is 3. The molecule has 1 aromatic heterocycles. The van der Waals surface area contributed by atoms with Crippen LogP contribution in [-0.2, 0) is 4.79 Å². The molecule has 0 aliphatic carbocycles. The first-order chi connectivity index (χ1) is 24.0. The summed E-state index contributed by atoms with van der Waals surface area (Å²) in [4.78, 5) is 52.6. The number of aryl methyl sites for hydroxylation is 1. The molecule has 50 heavy (non-hydrogen) atoms. The summed E-state index contributed by atoms with van der Waals surface area (Å²) in [5.41, 5.74) is 9.04. The van der Waals surface area contributed by atoms with E-state index < -0.39 is 5.91 Å². The Bertz CT molecular complexity index is 1870. The normalized spacial score (nSPS) is 13.2. The Labute approximate surface area is 291 Å². The molecule has 0 atom stereocenters. The van der Waals surface area contributed by atoms with Crippen LogP contribution in [0.2, 0.25) is 0 Å². The second-order valence-electron chi connectivity index (χ2n) is 12.4. The van der Waals surface area contributed by atoms with Gasteiger partial charge in [-0.25, -0.2) is 4.98 Å². The van der Waals surface area contributed by atoms with Gasteiger partial charge in [-0.3, -0.25) is 25.1 Å². The van der Waals surface area contributed by atoms with Crippen molar-refractivity contribution in [2.45, 2.75) is 32.6 Å². The summed E-state index contributed by atoms with van der Waals surface area (Å²) in [6.07, 6.45) is 3.01. The third-order valence-electron chi connectivity index (χ3n) is 8.64. The molecule has 1 aliphatic rings. The van der Waals surface area contributed by atoms with Gasteiger partial charge in [0.05, 0.1) is 36.2 Å². The first-order valence-corrected chi connectivity index (χ1v) is 16.6. The number of carbonyl (C=O) groups excluding carboxylic acids is 3. The number of hydrogen-bond donors (Lipinski definition) is 5. The molecule has 0 spiro atoms. The van der Waals surface area contributed by atoms with E-state index in [4.69, 9.17) is 20.6 Å². The predicted octanol–water partition coefficient (Wildman–Crippen LogP) is 4.43. The number of methoxy groups -OCH3 is 1. The second-order valence-corrected chi connectivity index (χ2v) is 12.4. The number of piperazine rings is 1. The number of hydrogen-bond acceptors (Lipinski definition) is 8. The SMILES string of the molecule is COc1cc(C(=O)N(C)c2ccc(C)cc2OCCCCCC(=O)N2CCN(C)CC2)ccc1NC(=O)c1cccc2[nH]c(NC(=N)N)nc12. The van der Waals surface area contributed by atoms with Gasteiger partial charge in [0.2, 0.25) is 11.9 Å². The summed E-state index contributed by atoms with van der Waals surface area (Å²) in [7, 11) is 5.23. The average Bonchev–Trinajstić information content (AvgIpc) is 3.51. The van der Waals surface area contributed by atoms with Gasteiger partial charge in [-0.2, -0.15) is 0 Å². The van der Waals surface area contributed by atoms with E-state index in [0.29, 0.717) is 58.1 Å². The monoisotopic (exact) mass is 683 g/mol. The molecular weight excluding hydrogens is 638 g/mol. The molecule has 3 aromatic carbocycles. The fourth-order valence-corrected chi connectivity index (χ4v) is 5.79. The van der Waals surface area contributed by atoms with Crippen molar-refractivity contribution in [2.75, 3.05) is 69.5 Å². The van der Waals surface area contributed by atoms with Gasteiger partial charge < -0.3 is 40.2 Å². The highest BCUT2D eigenvalue weighted by molar-refractivity contribution is 6.13. The molecular formula is C36H45N9O5. The largest absolute Gasteiger partial charge is 0.495 e. The predicted molar refractivity (Wildman–Crippen MR) is 195 cm³/mol. The van der Waals surface area contributed by atoms with Crippen LogP contribution in [0.1, 0.15) is 52.0 Å². The summed E-state index contributed by atoms with van der Waals surface area (Å²) >= 11 is 0. The van der Waals surface area contributed by atoms with Gasteiger partial charge in [0.15, 0.2) is 5.96 Å². The third kappa shape index (κ3) is 8.69. The van der Waals surface area contributed by atoms with Crippen LogP contribution in [0, 0.1) is 12.3 Å². The van der Waals surface area contributed by atoms with Crippen LogP contribution in [0.15, 0.2) is 54.6 Å². The smallest absolute Gasteiger partial charge is 0.258 e. The molecule has 14 nitrogen and oxygen atoms in total. The van der Waals surface area contributed by atoms with Crippen LogP contribution in [-0.4, -0.2) is 97.4 Å². The van der Waals surface area contributed by atoms with E-state index in [2.05, 4.69) is 32.5 Å². The van der Waals surface area contributed by atoms with E-state index in [1.54, 1.807) is 43.4 Å². The third-order valence-corrected chi connectivity index (χ3v) is 8.64. The molecule has 0 radical (unpaired) electrons. The number of ether oxygens (including phenoxy) is 2. The van der Waals surface area contributed by atoms with Crippen molar-refractivity contribution >= 4 is 52.0 Å². The molecule has 1 aliphatic heterocycles. The van der Waals surface area contributed by atoms with Crippen molar-refractivity contribution in [1.82, 2.24) is 19.8 Å². The highest BCUT2D eigenvalue weighted by Gasteiger charge is 2.22. The Morgan fingerprint density at radius 1 is 1.00 bits per heavy atom. The van der Waals surface area contributed by atoms with Crippen LogP contribution in [0.3, 0.4) is 0 Å². The van der Waals surface area contributed by atoms with E-state index >= 15 is 0 Å². The van der Waals surface area contributed by atoms with E-state index in [1.807, 2.05) is 30.0 Å². The van der Waals surface area contributed by atoms with Crippen LogP contribution >= 0.6 is 0 Å². The van der Waals surface area contributed by atoms with Crippen molar-refractivity contribution < 1.29 is 23.9 Å². The number of para-hydroxylation sites is 1. The molecule has 4 aromatic rings. The van der Waals surface area contributed by atoms with Crippen molar-refractivity contribution in [3.05, 3.63) is 71.3 Å². The lowest BCUT2D eigenvalue weighted by Gasteiger charge is -2.32. The minimum absolute atomic E-state index is 0.220. The molecule has 0 saturated carbocycles. The number of rotatable bonds is 13. The maximum Gasteiger partial charge on any atom is 0.258 e. The number of amides is 3. The molecule has 3 amide bonds. The maximum atomic E-state index is 13.7. The topological polar surface area (TPSA) is 182 Å². The van der Waals surface area contributed by atoms with Crippen molar-refractivity contribution in [3.63, 3.8) is 0 Å². The van der Waals surface area contributed by atoms with Crippen LogP contribution in [0.5, 0.6) is 11.5 Å². The Morgan fingerprint density at radius 2 is 1.78 bits per heavy atom. The molecule has 0 bridgehead atoms. The van der Waals surface area contributed by atoms with Gasteiger partial charge in [0, 0.05) is 45.2 Å². The lowest BCUT2D eigenvalue weighted by atomic mass is 10.1. The Balaban J connectivity index is 1.20. The molecule has 14 heteroatoms. The quantitative estimate of drug-likeness (QED) is 0.0774. The Hall–Kier alpha value is -5.63. The van der Waals surface area contributed by atoms with Gasteiger partial charge in [-0.15, -0.1) is 0 Å².